The van der Waals surface area contributed by atoms with Gasteiger partial charge in [0.2, 0.25) is 5.91 Å². The van der Waals surface area contributed by atoms with E-state index >= 15 is 0 Å². The van der Waals surface area contributed by atoms with Gasteiger partial charge in [-0.1, -0.05) is 48.6 Å². The van der Waals surface area contributed by atoms with E-state index in [4.69, 9.17) is 0 Å². The van der Waals surface area contributed by atoms with Gasteiger partial charge in [-0.3, -0.25) is 9.78 Å². The molecule has 7 heteroatoms. The Balaban J connectivity index is 1.64. The van der Waals surface area contributed by atoms with Crippen molar-refractivity contribution in [1.29, 1.82) is 5.26 Å². The lowest BCUT2D eigenvalue weighted by molar-refractivity contribution is -0.137. The summed E-state index contributed by atoms with van der Waals surface area (Å²) in [6, 6.07) is 20.8. The Kier molecular flexibility index (Phi) is 6.74. The summed E-state index contributed by atoms with van der Waals surface area (Å²) >= 11 is 0. The number of carbonyl (C=O) groups is 1. The smallest absolute Gasteiger partial charge is 0.322 e. The van der Waals surface area contributed by atoms with Gasteiger partial charge in [0.25, 0.3) is 0 Å². The number of nitriles is 1. The van der Waals surface area contributed by atoms with E-state index in [0.717, 1.165) is 22.9 Å². The normalized spacial score (nSPS) is 12.0. The number of alkyl halides is 3. The molecule has 1 aromatic heterocycles. The summed E-state index contributed by atoms with van der Waals surface area (Å²) in [5, 5.41) is 13.8. The molecule has 0 aliphatic carbocycles. The van der Waals surface area contributed by atoms with E-state index in [9.17, 15) is 23.2 Å². The number of aromatic nitrogens is 1. The van der Waals surface area contributed by atoms with Crippen LogP contribution in [0.5, 0.6) is 0 Å². The molecule has 3 aromatic carbocycles. The zero-order valence-electron chi connectivity index (χ0n) is 18.3. The van der Waals surface area contributed by atoms with Crippen molar-refractivity contribution in [2.75, 3.05) is 5.32 Å². The first-order chi connectivity index (χ1) is 16.8. The molecule has 0 atom stereocenters. The molecular weight excluding hydrogens is 451 g/mol. The maximum Gasteiger partial charge on any atom is 0.416 e. The Morgan fingerprint density at radius 1 is 0.971 bits per heavy atom. The minimum absolute atomic E-state index is 0.372. The molecule has 1 amide bonds. The van der Waals surface area contributed by atoms with Crippen molar-refractivity contribution in [2.24, 2.45) is 0 Å². The van der Waals surface area contributed by atoms with Gasteiger partial charge < -0.3 is 5.32 Å². The molecule has 0 spiro atoms. The molecule has 0 fully saturated rings. The fraction of sp³-hybridized carbons (Fsp3) is 0.0357. The first-order valence-corrected chi connectivity index (χ1v) is 10.6. The van der Waals surface area contributed by atoms with E-state index in [1.807, 2.05) is 12.1 Å². The van der Waals surface area contributed by atoms with Crippen molar-refractivity contribution in [3.63, 3.8) is 0 Å². The second-order valence-corrected chi connectivity index (χ2v) is 7.60. The Morgan fingerprint density at radius 2 is 1.74 bits per heavy atom. The van der Waals surface area contributed by atoms with Crippen LogP contribution in [0.15, 0.2) is 103 Å². The summed E-state index contributed by atoms with van der Waals surface area (Å²) in [4.78, 5) is 16.6. The fourth-order valence-corrected chi connectivity index (χ4v) is 3.59. The predicted molar refractivity (Wildman–Crippen MR) is 129 cm³/mol. The van der Waals surface area contributed by atoms with E-state index in [-0.39, 0.29) is 5.91 Å². The van der Waals surface area contributed by atoms with Crippen LogP contribution >= 0.6 is 0 Å². The third kappa shape index (κ3) is 5.63. The number of nitrogens with one attached hydrogen (secondary N) is 1. The SMILES string of the molecule is N#Cc1cccc(C(=CC=CC(=O)Nc2cccc3cnccc23)c2ccc(C(F)(F)F)cc2)c1. The van der Waals surface area contributed by atoms with Gasteiger partial charge in [0.05, 0.1) is 17.2 Å². The molecule has 4 aromatic rings. The van der Waals surface area contributed by atoms with Crippen LogP contribution in [0.1, 0.15) is 22.3 Å². The van der Waals surface area contributed by atoms with E-state index in [2.05, 4.69) is 16.4 Å². The molecular formula is C28H18F3N3O. The Hall–Kier alpha value is -4.70. The third-order valence-corrected chi connectivity index (χ3v) is 5.28. The highest BCUT2D eigenvalue weighted by molar-refractivity contribution is 6.06. The summed E-state index contributed by atoms with van der Waals surface area (Å²) in [5.41, 5.74) is 2.00. The molecule has 4 nitrogen and oxygen atoms in total. The fourth-order valence-electron chi connectivity index (χ4n) is 3.59. The number of amides is 1. The van der Waals surface area contributed by atoms with Crippen molar-refractivity contribution >= 4 is 27.9 Å². The van der Waals surface area contributed by atoms with Gasteiger partial charge in [0.1, 0.15) is 0 Å². The molecule has 4 rings (SSSR count). The van der Waals surface area contributed by atoms with Crippen molar-refractivity contribution in [3.8, 4) is 6.07 Å². The van der Waals surface area contributed by atoms with Crippen LogP contribution in [-0.4, -0.2) is 10.9 Å². The predicted octanol–water partition coefficient (Wildman–Crippen LogP) is 6.75. The lowest BCUT2D eigenvalue weighted by atomic mass is 9.95. The molecule has 35 heavy (non-hydrogen) atoms. The molecule has 0 saturated carbocycles. The van der Waals surface area contributed by atoms with Gasteiger partial charge in [0.15, 0.2) is 0 Å². The lowest BCUT2D eigenvalue weighted by Crippen LogP contribution is -2.08. The summed E-state index contributed by atoms with van der Waals surface area (Å²) in [6.45, 7) is 0. The number of hydrogen-bond donors (Lipinski definition) is 1. The standard InChI is InChI=1S/C28H18F3N3O/c29-28(30,31)23-12-10-20(11-13-23)24(21-5-1-4-19(16-21)17-32)7-3-9-27(35)34-26-8-2-6-22-18-33-15-14-25(22)26/h1-16,18H,(H,34,35). The van der Waals surface area contributed by atoms with Crippen LogP contribution in [0.25, 0.3) is 16.3 Å². The summed E-state index contributed by atoms with van der Waals surface area (Å²) in [6.07, 6.45) is 3.38. The molecule has 0 aliphatic heterocycles. The van der Waals surface area contributed by atoms with Crippen LogP contribution < -0.4 is 5.32 Å². The van der Waals surface area contributed by atoms with Crippen LogP contribution in [0.4, 0.5) is 18.9 Å². The lowest BCUT2D eigenvalue weighted by Gasteiger charge is -2.11. The molecule has 0 unspecified atom stereocenters. The monoisotopic (exact) mass is 469 g/mol. The summed E-state index contributed by atoms with van der Waals surface area (Å²) in [5.74, 6) is -0.372. The van der Waals surface area contributed by atoms with Gasteiger partial charge in [-0.2, -0.15) is 18.4 Å². The largest absolute Gasteiger partial charge is 0.416 e. The third-order valence-electron chi connectivity index (χ3n) is 5.28. The van der Waals surface area contributed by atoms with Gasteiger partial charge in [0, 0.05) is 34.9 Å². The Labute approximate surface area is 199 Å². The number of hydrogen-bond acceptors (Lipinski definition) is 3. The number of anilines is 1. The first kappa shape index (κ1) is 23.5. The van der Waals surface area contributed by atoms with Gasteiger partial charge in [-0.25, -0.2) is 0 Å². The minimum atomic E-state index is -4.45. The average molecular weight is 469 g/mol. The molecule has 0 aliphatic rings. The molecule has 0 saturated heterocycles. The van der Waals surface area contributed by atoms with E-state index < -0.39 is 11.7 Å². The van der Waals surface area contributed by atoms with Crippen molar-refractivity contribution < 1.29 is 18.0 Å². The number of pyridine rings is 1. The zero-order chi connectivity index (χ0) is 24.8. The van der Waals surface area contributed by atoms with E-state index in [0.29, 0.717) is 28.0 Å². The summed E-state index contributed by atoms with van der Waals surface area (Å²) in [7, 11) is 0. The maximum atomic E-state index is 13.0. The molecule has 1 heterocycles. The first-order valence-electron chi connectivity index (χ1n) is 10.6. The highest BCUT2D eigenvalue weighted by Gasteiger charge is 2.30. The average Bonchev–Trinajstić information content (AvgIpc) is 2.86. The second-order valence-electron chi connectivity index (χ2n) is 7.60. The number of allylic oxidation sites excluding steroid dienone is 2. The number of halogens is 3. The van der Waals surface area contributed by atoms with Crippen molar-refractivity contribution in [3.05, 3.63) is 126 Å². The van der Waals surface area contributed by atoms with Gasteiger partial charge in [-0.15, -0.1) is 0 Å². The van der Waals surface area contributed by atoms with Crippen molar-refractivity contribution in [1.82, 2.24) is 4.98 Å². The van der Waals surface area contributed by atoms with Gasteiger partial charge in [-0.05, 0) is 53.1 Å². The minimum Gasteiger partial charge on any atom is -0.322 e. The quantitative estimate of drug-likeness (QED) is 0.260. The highest BCUT2D eigenvalue weighted by atomic mass is 19.4. The molecule has 172 valence electrons. The topological polar surface area (TPSA) is 65.8 Å². The number of benzene rings is 3. The zero-order valence-corrected chi connectivity index (χ0v) is 18.3. The number of nitrogens with zero attached hydrogens (tertiary/aromatic N) is 2. The Morgan fingerprint density at radius 3 is 2.49 bits per heavy atom. The summed E-state index contributed by atoms with van der Waals surface area (Å²) < 4.78 is 39.0. The maximum absolute atomic E-state index is 13.0. The van der Waals surface area contributed by atoms with Crippen LogP contribution in [0, 0.1) is 11.3 Å². The molecule has 1 N–H and O–H groups in total. The van der Waals surface area contributed by atoms with E-state index in [1.54, 1.807) is 54.9 Å². The second kappa shape index (κ2) is 10.1. The number of carbonyl (C=O) groups excluding carboxylic acids is 1. The van der Waals surface area contributed by atoms with Crippen LogP contribution in [0.3, 0.4) is 0 Å². The van der Waals surface area contributed by atoms with Crippen molar-refractivity contribution in [2.45, 2.75) is 6.18 Å². The van der Waals surface area contributed by atoms with Crippen LogP contribution in [0.2, 0.25) is 0 Å². The highest BCUT2D eigenvalue weighted by Crippen LogP contribution is 2.31. The van der Waals surface area contributed by atoms with Crippen LogP contribution in [-0.2, 0) is 11.0 Å². The Bertz CT molecular complexity index is 1470. The molecule has 0 radical (unpaired) electrons. The van der Waals surface area contributed by atoms with Gasteiger partial charge >= 0.3 is 6.18 Å². The number of rotatable bonds is 5. The molecule has 0 bridgehead atoms. The van der Waals surface area contributed by atoms with E-state index in [1.165, 1.54) is 24.3 Å². The number of fused-ring (bicyclic) bond motifs is 1.